The lowest BCUT2D eigenvalue weighted by molar-refractivity contribution is -0.129. The second-order valence-corrected chi connectivity index (χ2v) is 6.71. The topological polar surface area (TPSA) is 61.9 Å². The van der Waals surface area contributed by atoms with Crippen LogP contribution in [0.25, 0.3) is 0 Å². The maximum absolute atomic E-state index is 12.1. The molecule has 0 saturated carbocycles. The fraction of sp³-hybridized carbons (Fsp3) is 0.300. The summed E-state index contributed by atoms with van der Waals surface area (Å²) < 4.78 is 5.43. The zero-order chi connectivity index (χ0) is 19.2. The first-order valence-electron chi connectivity index (χ1n) is 8.80. The number of nitrogens with one attached hydrogen (secondary N) is 1. The largest absolute Gasteiger partial charge is 0.482 e. The van der Waals surface area contributed by atoms with Gasteiger partial charge in [0.2, 0.25) is 5.91 Å². The van der Waals surface area contributed by atoms with Gasteiger partial charge in [0.25, 0.3) is 5.91 Å². The Kier molecular flexibility index (Phi) is 6.19. The zero-order valence-electron chi connectivity index (χ0n) is 15.2. The lowest BCUT2D eigenvalue weighted by atomic mass is 10.2. The van der Waals surface area contributed by atoms with Crippen molar-refractivity contribution in [3.63, 3.8) is 0 Å². The summed E-state index contributed by atoms with van der Waals surface area (Å²) in [5, 5.41) is 3.28. The Bertz CT molecular complexity index is 802. The smallest absolute Gasteiger partial charge is 0.262 e. The zero-order valence-corrected chi connectivity index (χ0v) is 15.9. The van der Waals surface area contributed by atoms with E-state index in [4.69, 9.17) is 16.3 Å². The monoisotopic (exact) mass is 387 g/mol. The van der Waals surface area contributed by atoms with Crippen molar-refractivity contribution in [3.05, 3.63) is 53.6 Å². The van der Waals surface area contributed by atoms with Crippen molar-refractivity contribution in [2.75, 3.05) is 43.0 Å². The molecule has 0 bridgehead atoms. The molecule has 1 saturated heterocycles. The van der Waals surface area contributed by atoms with Crippen molar-refractivity contribution < 1.29 is 14.3 Å². The number of ether oxygens (including phenoxy) is 1. The van der Waals surface area contributed by atoms with E-state index in [1.807, 2.05) is 29.2 Å². The first kappa shape index (κ1) is 19.0. The molecule has 0 atom stereocenters. The Morgan fingerprint density at radius 2 is 1.70 bits per heavy atom. The molecule has 3 rings (SSSR count). The highest BCUT2D eigenvalue weighted by molar-refractivity contribution is 6.32. The first-order chi connectivity index (χ1) is 13.0. The van der Waals surface area contributed by atoms with Gasteiger partial charge in [-0.15, -0.1) is 0 Å². The molecular formula is C20H22ClN3O3. The van der Waals surface area contributed by atoms with Crippen LogP contribution in [0, 0.1) is 0 Å². The van der Waals surface area contributed by atoms with Crippen LogP contribution in [0.1, 0.15) is 6.92 Å². The molecule has 0 aromatic heterocycles. The lowest BCUT2D eigenvalue weighted by Crippen LogP contribution is -2.48. The summed E-state index contributed by atoms with van der Waals surface area (Å²) >= 11 is 6.00. The molecule has 142 valence electrons. The maximum Gasteiger partial charge on any atom is 0.262 e. The van der Waals surface area contributed by atoms with Crippen LogP contribution in [0.4, 0.5) is 11.4 Å². The Labute approximate surface area is 163 Å². The van der Waals surface area contributed by atoms with Gasteiger partial charge >= 0.3 is 0 Å². The number of halogens is 1. The standard InChI is InChI=1S/C20H22ClN3O3/c1-15(25)23-10-12-24(13-11-23)17-8-6-16(7-9-17)22-20(26)14-27-19-5-3-2-4-18(19)21/h2-9H,10-14H2,1H3,(H,22,26). The van der Waals surface area contributed by atoms with E-state index in [0.717, 1.165) is 31.9 Å². The number of hydrogen-bond donors (Lipinski definition) is 1. The lowest BCUT2D eigenvalue weighted by Gasteiger charge is -2.35. The quantitative estimate of drug-likeness (QED) is 0.856. The molecule has 2 aromatic carbocycles. The molecule has 2 aromatic rings. The maximum atomic E-state index is 12.1. The number of hydrogen-bond acceptors (Lipinski definition) is 4. The van der Waals surface area contributed by atoms with Crippen molar-refractivity contribution in [3.8, 4) is 5.75 Å². The molecule has 1 heterocycles. The van der Waals surface area contributed by atoms with Gasteiger partial charge in [0.1, 0.15) is 5.75 Å². The molecule has 27 heavy (non-hydrogen) atoms. The molecule has 1 N–H and O–H groups in total. The van der Waals surface area contributed by atoms with Crippen molar-refractivity contribution in [1.29, 1.82) is 0 Å². The van der Waals surface area contributed by atoms with E-state index >= 15 is 0 Å². The minimum absolute atomic E-state index is 0.113. The van der Waals surface area contributed by atoms with Gasteiger partial charge in [-0.25, -0.2) is 0 Å². The van der Waals surface area contributed by atoms with E-state index in [9.17, 15) is 9.59 Å². The van der Waals surface area contributed by atoms with Crippen LogP contribution in [0.15, 0.2) is 48.5 Å². The number of amides is 2. The highest BCUT2D eigenvalue weighted by Crippen LogP contribution is 2.23. The molecule has 0 unspecified atom stereocenters. The third-order valence-corrected chi connectivity index (χ3v) is 4.75. The highest BCUT2D eigenvalue weighted by Gasteiger charge is 2.18. The van der Waals surface area contributed by atoms with Gasteiger partial charge in [0.05, 0.1) is 5.02 Å². The summed E-state index contributed by atoms with van der Waals surface area (Å²) in [6.07, 6.45) is 0. The Balaban J connectivity index is 1.49. The van der Waals surface area contributed by atoms with E-state index in [1.165, 1.54) is 0 Å². The van der Waals surface area contributed by atoms with E-state index in [1.54, 1.807) is 31.2 Å². The van der Waals surface area contributed by atoms with Gasteiger partial charge < -0.3 is 19.9 Å². The summed E-state index contributed by atoms with van der Waals surface area (Å²) in [7, 11) is 0. The number of carbonyl (C=O) groups excluding carboxylic acids is 2. The average molecular weight is 388 g/mol. The minimum atomic E-state index is -0.252. The third kappa shape index (κ3) is 5.14. The number of carbonyl (C=O) groups is 2. The summed E-state index contributed by atoms with van der Waals surface area (Å²) in [6, 6.07) is 14.7. The van der Waals surface area contributed by atoms with Crippen LogP contribution in [0.3, 0.4) is 0 Å². The van der Waals surface area contributed by atoms with Crippen molar-refractivity contribution in [2.24, 2.45) is 0 Å². The number of nitrogens with zero attached hydrogens (tertiary/aromatic N) is 2. The third-order valence-electron chi connectivity index (χ3n) is 4.44. The Morgan fingerprint density at radius 3 is 2.33 bits per heavy atom. The molecule has 0 aliphatic carbocycles. The second-order valence-electron chi connectivity index (χ2n) is 6.31. The predicted octanol–water partition coefficient (Wildman–Crippen LogP) is 3.03. The molecule has 6 nitrogen and oxygen atoms in total. The molecule has 0 radical (unpaired) electrons. The van der Waals surface area contributed by atoms with Gasteiger partial charge in [-0.05, 0) is 36.4 Å². The van der Waals surface area contributed by atoms with Crippen molar-refractivity contribution >= 4 is 34.8 Å². The summed E-state index contributed by atoms with van der Waals surface area (Å²) in [5.74, 6) is 0.346. The SMILES string of the molecule is CC(=O)N1CCN(c2ccc(NC(=O)COc3ccccc3Cl)cc2)CC1. The summed E-state index contributed by atoms with van der Waals surface area (Å²) in [4.78, 5) is 27.5. The van der Waals surface area contributed by atoms with Crippen LogP contribution >= 0.6 is 11.6 Å². The summed E-state index contributed by atoms with van der Waals surface area (Å²) in [6.45, 7) is 4.55. The Hall–Kier alpha value is -2.73. The van der Waals surface area contributed by atoms with Crippen molar-refractivity contribution in [2.45, 2.75) is 6.92 Å². The van der Waals surface area contributed by atoms with E-state index in [-0.39, 0.29) is 18.4 Å². The molecule has 7 heteroatoms. The van der Waals surface area contributed by atoms with Gasteiger partial charge in [-0.1, -0.05) is 23.7 Å². The van der Waals surface area contributed by atoms with E-state index < -0.39 is 0 Å². The van der Waals surface area contributed by atoms with Crippen LogP contribution in [-0.4, -0.2) is 49.5 Å². The average Bonchev–Trinajstić information content (AvgIpc) is 2.68. The van der Waals surface area contributed by atoms with Gasteiger partial charge in [0, 0.05) is 44.5 Å². The summed E-state index contributed by atoms with van der Waals surface area (Å²) in [5.41, 5.74) is 1.78. The number of para-hydroxylation sites is 1. The van der Waals surface area contributed by atoms with Crippen molar-refractivity contribution in [1.82, 2.24) is 4.90 Å². The number of rotatable bonds is 5. The van der Waals surface area contributed by atoms with Crippen LogP contribution in [-0.2, 0) is 9.59 Å². The van der Waals surface area contributed by atoms with Crippen LogP contribution in [0.2, 0.25) is 5.02 Å². The predicted molar refractivity (Wildman–Crippen MR) is 106 cm³/mol. The fourth-order valence-corrected chi connectivity index (χ4v) is 3.13. The van der Waals surface area contributed by atoms with Gasteiger partial charge in [-0.2, -0.15) is 0 Å². The number of piperazine rings is 1. The highest BCUT2D eigenvalue weighted by atomic mass is 35.5. The Morgan fingerprint density at radius 1 is 1.04 bits per heavy atom. The van der Waals surface area contributed by atoms with Crippen LogP contribution < -0.4 is 15.0 Å². The molecule has 2 amide bonds. The second kappa shape index (κ2) is 8.77. The fourth-order valence-electron chi connectivity index (χ4n) is 2.94. The molecule has 1 aliphatic heterocycles. The van der Waals surface area contributed by atoms with E-state index in [0.29, 0.717) is 16.5 Å². The normalized spacial score (nSPS) is 14.0. The molecule has 1 fully saturated rings. The van der Waals surface area contributed by atoms with Crippen LogP contribution in [0.5, 0.6) is 5.75 Å². The molecule has 0 spiro atoms. The van der Waals surface area contributed by atoms with E-state index in [2.05, 4.69) is 10.2 Å². The first-order valence-corrected chi connectivity index (χ1v) is 9.18. The molecule has 1 aliphatic rings. The van der Waals surface area contributed by atoms with Gasteiger partial charge in [0.15, 0.2) is 6.61 Å². The number of benzene rings is 2. The number of anilines is 2. The minimum Gasteiger partial charge on any atom is -0.482 e. The molecular weight excluding hydrogens is 366 g/mol. The van der Waals surface area contributed by atoms with Gasteiger partial charge in [-0.3, -0.25) is 9.59 Å².